The van der Waals surface area contributed by atoms with Crippen molar-refractivity contribution in [1.82, 2.24) is 0 Å². The normalized spacial score (nSPS) is 47.0. The smallest absolute Gasteiger partial charge is 0.0736 e. The van der Waals surface area contributed by atoms with E-state index in [9.17, 15) is 10.2 Å². The van der Waals surface area contributed by atoms with E-state index in [0.717, 1.165) is 37.2 Å². The summed E-state index contributed by atoms with van der Waals surface area (Å²) in [5.41, 5.74) is -0.796. The van der Waals surface area contributed by atoms with Gasteiger partial charge in [0.2, 0.25) is 0 Å². The molecule has 1 aliphatic carbocycles. The standard InChI is InChI=1S/C12H22O2S/c1-10-3-2-4-12(14,7-10)11(8-13)5-6-15-9-11/h10,13-14H,2-9H2,1H3. The number of thioether (sulfide) groups is 1. The van der Waals surface area contributed by atoms with E-state index in [4.69, 9.17) is 0 Å². The zero-order valence-electron chi connectivity index (χ0n) is 9.54. The topological polar surface area (TPSA) is 40.5 Å². The second kappa shape index (κ2) is 4.27. The van der Waals surface area contributed by atoms with Crippen molar-refractivity contribution in [2.45, 2.75) is 44.6 Å². The predicted molar refractivity (Wildman–Crippen MR) is 64.0 cm³/mol. The van der Waals surface area contributed by atoms with Gasteiger partial charge >= 0.3 is 0 Å². The number of rotatable bonds is 2. The quantitative estimate of drug-likeness (QED) is 0.762. The molecule has 1 heterocycles. The second-order valence-corrected chi connectivity index (χ2v) is 6.58. The zero-order chi connectivity index (χ0) is 10.9. The lowest BCUT2D eigenvalue weighted by Gasteiger charge is -2.47. The first-order chi connectivity index (χ1) is 7.12. The molecule has 1 saturated heterocycles. The van der Waals surface area contributed by atoms with Crippen LogP contribution in [0.4, 0.5) is 0 Å². The first-order valence-corrected chi connectivity index (χ1v) is 7.18. The number of hydrogen-bond acceptors (Lipinski definition) is 3. The Bertz CT molecular complexity index is 226. The summed E-state index contributed by atoms with van der Waals surface area (Å²) in [4.78, 5) is 0. The zero-order valence-corrected chi connectivity index (χ0v) is 10.4. The minimum Gasteiger partial charge on any atom is -0.396 e. The first-order valence-electron chi connectivity index (χ1n) is 6.03. The average molecular weight is 230 g/mol. The highest BCUT2D eigenvalue weighted by atomic mass is 32.2. The van der Waals surface area contributed by atoms with Crippen LogP contribution in [0.1, 0.15) is 39.0 Å². The van der Waals surface area contributed by atoms with Crippen molar-refractivity contribution in [3.05, 3.63) is 0 Å². The molecule has 3 heteroatoms. The Morgan fingerprint density at radius 1 is 1.40 bits per heavy atom. The molecule has 0 aromatic carbocycles. The molecular weight excluding hydrogens is 208 g/mol. The van der Waals surface area contributed by atoms with Crippen LogP contribution in [0.25, 0.3) is 0 Å². The molecule has 88 valence electrons. The van der Waals surface area contributed by atoms with E-state index in [1.807, 2.05) is 11.8 Å². The van der Waals surface area contributed by atoms with Crippen LogP contribution in [-0.4, -0.2) is 33.9 Å². The van der Waals surface area contributed by atoms with Crippen molar-refractivity contribution in [3.63, 3.8) is 0 Å². The summed E-state index contributed by atoms with van der Waals surface area (Å²) in [6, 6.07) is 0. The highest BCUT2D eigenvalue weighted by Crippen LogP contribution is 2.51. The minimum atomic E-state index is -0.594. The molecule has 0 spiro atoms. The fraction of sp³-hybridized carbons (Fsp3) is 1.00. The van der Waals surface area contributed by atoms with E-state index in [-0.39, 0.29) is 12.0 Å². The Hall–Kier alpha value is 0.270. The number of hydrogen-bond donors (Lipinski definition) is 2. The lowest BCUT2D eigenvalue weighted by molar-refractivity contribution is -0.127. The largest absolute Gasteiger partial charge is 0.396 e. The Kier molecular flexibility index (Phi) is 3.34. The van der Waals surface area contributed by atoms with Gasteiger partial charge in [-0.1, -0.05) is 19.8 Å². The molecule has 2 aliphatic rings. The van der Waals surface area contributed by atoms with Gasteiger partial charge in [0, 0.05) is 11.2 Å². The van der Waals surface area contributed by atoms with E-state index < -0.39 is 5.60 Å². The van der Waals surface area contributed by atoms with Crippen LogP contribution in [0.2, 0.25) is 0 Å². The molecule has 0 radical (unpaired) electrons. The van der Waals surface area contributed by atoms with Crippen molar-refractivity contribution in [2.24, 2.45) is 11.3 Å². The summed E-state index contributed by atoms with van der Waals surface area (Å²) >= 11 is 1.88. The molecule has 1 aliphatic heterocycles. The number of aliphatic hydroxyl groups is 2. The Balaban J connectivity index is 2.17. The molecule has 0 aromatic heterocycles. The molecule has 1 saturated carbocycles. The van der Waals surface area contributed by atoms with E-state index in [2.05, 4.69) is 6.92 Å². The van der Waals surface area contributed by atoms with Gasteiger partial charge < -0.3 is 10.2 Å². The van der Waals surface area contributed by atoms with Crippen LogP contribution in [0.15, 0.2) is 0 Å². The van der Waals surface area contributed by atoms with Crippen LogP contribution in [0.5, 0.6) is 0 Å². The van der Waals surface area contributed by atoms with Gasteiger partial charge in [-0.15, -0.1) is 0 Å². The fourth-order valence-electron chi connectivity index (χ4n) is 3.25. The fourth-order valence-corrected chi connectivity index (χ4v) is 4.83. The minimum absolute atomic E-state index is 0.156. The Labute approximate surface area is 96.5 Å². The van der Waals surface area contributed by atoms with Gasteiger partial charge in [0.1, 0.15) is 0 Å². The van der Waals surface area contributed by atoms with Gasteiger partial charge in [0.05, 0.1) is 12.2 Å². The molecule has 0 bridgehead atoms. The molecule has 0 aromatic rings. The van der Waals surface area contributed by atoms with Crippen LogP contribution in [0.3, 0.4) is 0 Å². The van der Waals surface area contributed by atoms with E-state index >= 15 is 0 Å². The summed E-state index contributed by atoms with van der Waals surface area (Å²) in [5, 5.41) is 20.5. The maximum absolute atomic E-state index is 10.8. The predicted octanol–water partition coefficient (Wildman–Crippen LogP) is 2.04. The van der Waals surface area contributed by atoms with Crippen molar-refractivity contribution >= 4 is 11.8 Å². The van der Waals surface area contributed by atoms with Gasteiger partial charge in [-0.2, -0.15) is 11.8 Å². The summed E-state index contributed by atoms with van der Waals surface area (Å²) in [5.74, 6) is 2.64. The SMILES string of the molecule is CC1CCCC(O)(C2(CO)CCSC2)C1. The third kappa shape index (κ3) is 1.94. The molecule has 2 N–H and O–H groups in total. The maximum atomic E-state index is 10.8. The van der Waals surface area contributed by atoms with Crippen molar-refractivity contribution in [2.75, 3.05) is 18.1 Å². The Morgan fingerprint density at radius 2 is 2.20 bits per heavy atom. The lowest BCUT2D eigenvalue weighted by atomic mass is 9.63. The van der Waals surface area contributed by atoms with Gasteiger partial charge in [-0.3, -0.25) is 0 Å². The van der Waals surface area contributed by atoms with Gasteiger partial charge in [0.25, 0.3) is 0 Å². The molecule has 3 atom stereocenters. The van der Waals surface area contributed by atoms with Crippen LogP contribution >= 0.6 is 11.8 Å². The summed E-state index contributed by atoms with van der Waals surface area (Å²) in [6.45, 7) is 2.38. The van der Waals surface area contributed by atoms with Gasteiger partial charge in [-0.05, 0) is 30.9 Å². The van der Waals surface area contributed by atoms with Crippen molar-refractivity contribution < 1.29 is 10.2 Å². The Morgan fingerprint density at radius 3 is 2.73 bits per heavy atom. The third-order valence-corrected chi connectivity index (χ3v) is 5.62. The van der Waals surface area contributed by atoms with Crippen molar-refractivity contribution in [1.29, 1.82) is 0 Å². The van der Waals surface area contributed by atoms with E-state index in [1.165, 1.54) is 6.42 Å². The monoisotopic (exact) mass is 230 g/mol. The highest BCUT2D eigenvalue weighted by molar-refractivity contribution is 7.99. The highest BCUT2D eigenvalue weighted by Gasteiger charge is 2.52. The molecule has 3 unspecified atom stereocenters. The van der Waals surface area contributed by atoms with Crippen molar-refractivity contribution in [3.8, 4) is 0 Å². The van der Waals surface area contributed by atoms with E-state index in [1.54, 1.807) is 0 Å². The number of aliphatic hydroxyl groups excluding tert-OH is 1. The van der Waals surface area contributed by atoms with Crippen LogP contribution in [-0.2, 0) is 0 Å². The molecular formula is C12H22O2S. The maximum Gasteiger partial charge on any atom is 0.0736 e. The summed E-state index contributed by atoms with van der Waals surface area (Å²) < 4.78 is 0. The van der Waals surface area contributed by atoms with Gasteiger partial charge in [0.15, 0.2) is 0 Å². The molecule has 2 fully saturated rings. The lowest BCUT2D eigenvalue weighted by Crippen LogP contribution is -2.53. The van der Waals surface area contributed by atoms with Crippen LogP contribution in [0, 0.1) is 11.3 Å². The molecule has 15 heavy (non-hydrogen) atoms. The van der Waals surface area contributed by atoms with Gasteiger partial charge in [-0.25, -0.2) is 0 Å². The molecule has 0 amide bonds. The second-order valence-electron chi connectivity index (χ2n) is 5.47. The molecule has 2 rings (SSSR count). The molecule has 2 nitrogen and oxygen atoms in total. The average Bonchev–Trinajstić information content (AvgIpc) is 2.67. The third-order valence-electron chi connectivity index (χ3n) is 4.37. The summed E-state index contributed by atoms with van der Waals surface area (Å²) in [6.07, 6.45) is 5.10. The van der Waals surface area contributed by atoms with Crippen LogP contribution < -0.4 is 0 Å². The van der Waals surface area contributed by atoms with E-state index in [0.29, 0.717) is 5.92 Å². The summed E-state index contributed by atoms with van der Waals surface area (Å²) in [7, 11) is 0. The first kappa shape index (κ1) is 11.7.